The molecule has 1 aromatic carbocycles. The van der Waals surface area contributed by atoms with Gasteiger partial charge < -0.3 is 14.2 Å². The molecule has 2 aliphatic heterocycles. The fraction of sp³-hybridized carbons (Fsp3) is 0.522. The van der Waals surface area contributed by atoms with Crippen LogP contribution in [0.3, 0.4) is 0 Å². The number of rotatable bonds is 3. The fourth-order valence-corrected chi connectivity index (χ4v) is 4.58. The summed E-state index contributed by atoms with van der Waals surface area (Å²) in [5.74, 6) is 1.17. The van der Waals surface area contributed by atoms with E-state index in [4.69, 9.17) is 14.2 Å². The summed E-state index contributed by atoms with van der Waals surface area (Å²) in [6, 6.07) is 11.2. The largest absolute Gasteiger partial charge is 0.481 e. The van der Waals surface area contributed by atoms with Crippen LogP contribution in [0, 0.1) is 6.92 Å². The van der Waals surface area contributed by atoms with Crippen molar-refractivity contribution in [3.05, 3.63) is 41.6 Å². The molecule has 5 nitrogen and oxygen atoms in total. The smallest absolute Gasteiger partial charge is 0.213 e. The molecule has 0 amide bonds. The maximum Gasteiger partial charge on any atom is 0.213 e. The van der Waals surface area contributed by atoms with Gasteiger partial charge in [0, 0.05) is 54.9 Å². The molecule has 3 aliphatic rings. The quantitative estimate of drug-likeness (QED) is 0.793. The summed E-state index contributed by atoms with van der Waals surface area (Å²) in [6.45, 7) is 4.77. The Hall–Kier alpha value is -2.11. The van der Waals surface area contributed by atoms with Crippen molar-refractivity contribution in [2.45, 2.75) is 57.5 Å². The normalized spacial score (nSPS) is 21.6. The second-order valence-corrected chi connectivity index (χ2v) is 8.23. The van der Waals surface area contributed by atoms with Crippen LogP contribution in [0.4, 0.5) is 0 Å². The number of benzene rings is 1. The lowest BCUT2D eigenvalue weighted by Crippen LogP contribution is -2.54. The zero-order chi connectivity index (χ0) is 19.1. The number of pyridine rings is 1. The summed E-state index contributed by atoms with van der Waals surface area (Å²) in [6.07, 6.45) is 6.01. The number of methoxy groups -OCH3 is 1. The first-order chi connectivity index (χ1) is 13.7. The Morgan fingerprint density at radius 3 is 2.64 bits per heavy atom. The van der Waals surface area contributed by atoms with E-state index in [0.717, 1.165) is 60.1 Å². The predicted molar refractivity (Wildman–Crippen MR) is 108 cm³/mol. The molecule has 1 aromatic heterocycles. The molecule has 2 fully saturated rings. The zero-order valence-electron chi connectivity index (χ0n) is 16.7. The van der Waals surface area contributed by atoms with Crippen LogP contribution in [0.25, 0.3) is 11.1 Å². The first kappa shape index (κ1) is 18.0. The van der Waals surface area contributed by atoms with Crippen molar-refractivity contribution in [2.24, 2.45) is 0 Å². The van der Waals surface area contributed by atoms with Gasteiger partial charge in [0.2, 0.25) is 11.7 Å². The summed E-state index contributed by atoms with van der Waals surface area (Å²) in [4.78, 5) is 7.12. The summed E-state index contributed by atoms with van der Waals surface area (Å²) in [7, 11) is 1.64. The number of likely N-dealkylation sites (tertiary alicyclic amines) is 1. The first-order valence-electron chi connectivity index (χ1n) is 10.4. The second kappa shape index (κ2) is 7.05. The van der Waals surface area contributed by atoms with E-state index in [0.29, 0.717) is 12.5 Å². The van der Waals surface area contributed by atoms with E-state index in [1.54, 1.807) is 7.11 Å². The van der Waals surface area contributed by atoms with Gasteiger partial charge in [0.25, 0.3) is 0 Å². The molecule has 0 bridgehead atoms. The van der Waals surface area contributed by atoms with Crippen molar-refractivity contribution in [2.75, 3.05) is 20.2 Å². The molecule has 1 saturated heterocycles. The van der Waals surface area contributed by atoms with Gasteiger partial charge in [0.1, 0.15) is 5.75 Å². The Morgan fingerprint density at radius 2 is 1.96 bits per heavy atom. The van der Waals surface area contributed by atoms with Gasteiger partial charge in [0.15, 0.2) is 0 Å². The van der Waals surface area contributed by atoms with Gasteiger partial charge in [-0.25, -0.2) is 4.98 Å². The third-order valence-corrected chi connectivity index (χ3v) is 6.58. The van der Waals surface area contributed by atoms with E-state index in [2.05, 4.69) is 34.1 Å². The molecule has 0 N–H and O–H groups in total. The predicted octanol–water partition coefficient (Wildman–Crippen LogP) is 4.32. The van der Waals surface area contributed by atoms with Gasteiger partial charge >= 0.3 is 0 Å². The van der Waals surface area contributed by atoms with E-state index < -0.39 is 5.79 Å². The van der Waals surface area contributed by atoms with Crippen molar-refractivity contribution in [3.63, 3.8) is 0 Å². The number of hydrogen-bond acceptors (Lipinski definition) is 5. The first-order valence-corrected chi connectivity index (χ1v) is 10.4. The SMILES string of the molecule is COc1ccc(-c2ccc3c(c2)COC2(CCN(C4CCC4)CC2)O3)c(C)n1. The topological polar surface area (TPSA) is 43.8 Å². The second-order valence-electron chi connectivity index (χ2n) is 8.23. The van der Waals surface area contributed by atoms with Crippen LogP contribution in [0.15, 0.2) is 30.3 Å². The highest BCUT2D eigenvalue weighted by Crippen LogP contribution is 2.40. The minimum atomic E-state index is -0.438. The molecule has 3 heterocycles. The third-order valence-electron chi connectivity index (χ3n) is 6.58. The lowest BCUT2D eigenvalue weighted by atomic mass is 9.89. The van der Waals surface area contributed by atoms with Gasteiger partial charge in [0.05, 0.1) is 13.7 Å². The lowest BCUT2D eigenvalue weighted by molar-refractivity contribution is -0.231. The van der Waals surface area contributed by atoms with Crippen LogP contribution in [0.2, 0.25) is 0 Å². The minimum absolute atomic E-state index is 0.438. The summed E-state index contributed by atoms with van der Waals surface area (Å²) < 4.78 is 17.9. The summed E-state index contributed by atoms with van der Waals surface area (Å²) >= 11 is 0. The average Bonchev–Trinajstić information content (AvgIpc) is 2.68. The average molecular weight is 380 g/mol. The van der Waals surface area contributed by atoms with Crippen LogP contribution in [0.5, 0.6) is 11.6 Å². The standard InChI is InChI=1S/C23H28N2O3/c1-16-20(7-9-22(24-16)26-2)17-6-8-21-18(14-17)15-27-23(28-21)10-12-25(13-11-23)19-4-3-5-19/h6-9,14,19H,3-5,10-13,15H2,1-2H3. The highest BCUT2D eigenvalue weighted by atomic mass is 16.7. The Morgan fingerprint density at radius 1 is 1.14 bits per heavy atom. The molecule has 1 spiro atoms. The van der Waals surface area contributed by atoms with Gasteiger partial charge in [-0.15, -0.1) is 0 Å². The highest BCUT2D eigenvalue weighted by Gasteiger charge is 2.42. The lowest BCUT2D eigenvalue weighted by Gasteiger charge is -2.47. The van der Waals surface area contributed by atoms with Crippen molar-refractivity contribution < 1.29 is 14.2 Å². The number of piperidine rings is 1. The Bertz CT molecular complexity index is 870. The van der Waals surface area contributed by atoms with Gasteiger partial charge in [-0.1, -0.05) is 12.5 Å². The number of hydrogen-bond donors (Lipinski definition) is 0. The molecular formula is C23H28N2O3. The van der Waals surface area contributed by atoms with Crippen LogP contribution in [-0.4, -0.2) is 41.9 Å². The maximum absolute atomic E-state index is 6.41. The molecule has 0 atom stereocenters. The van der Waals surface area contributed by atoms with E-state index >= 15 is 0 Å². The van der Waals surface area contributed by atoms with E-state index in [9.17, 15) is 0 Å². The molecule has 0 radical (unpaired) electrons. The number of nitrogens with zero attached hydrogens (tertiary/aromatic N) is 2. The maximum atomic E-state index is 6.41. The zero-order valence-corrected chi connectivity index (χ0v) is 16.7. The Kier molecular flexibility index (Phi) is 4.52. The van der Waals surface area contributed by atoms with Crippen LogP contribution in [-0.2, 0) is 11.3 Å². The third kappa shape index (κ3) is 3.16. The van der Waals surface area contributed by atoms with Gasteiger partial charge in [-0.05, 0) is 43.5 Å². The van der Waals surface area contributed by atoms with Crippen molar-refractivity contribution in [1.82, 2.24) is 9.88 Å². The molecular weight excluding hydrogens is 352 g/mol. The van der Waals surface area contributed by atoms with E-state index in [1.807, 2.05) is 13.0 Å². The van der Waals surface area contributed by atoms with Crippen LogP contribution in [0.1, 0.15) is 43.4 Å². The van der Waals surface area contributed by atoms with Crippen molar-refractivity contribution >= 4 is 0 Å². The molecule has 1 aliphatic carbocycles. The molecule has 5 rings (SSSR count). The highest BCUT2D eigenvalue weighted by molar-refractivity contribution is 5.68. The number of aromatic nitrogens is 1. The van der Waals surface area contributed by atoms with E-state index in [1.165, 1.54) is 19.3 Å². The summed E-state index contributed by atoms with van der Waals surface area (Å²) in [5.41, 5.74) is 4.31. The molecule has 28 heavy (non-hydrogen) atoms. The molecule has 1 saturated carbocycles. The number of fused-ring (bicyclic) bond motifs is 1. The molecule has 5 heteroatoms. The van der Waals surface area contributed by atoms with E-state index in [-0.39, 0.29) is 0 Å². The minimum Gasteiger partial charge on any atom is -0.481 e. The van der Waals surface area contributed by atoms with Crippen LogP contribution < -0.4 is 9.47 Å². The number of aryl methyl sites for hydroxylation is 1. The van der Waals surface area contributed by atoms with Crippen LogP contribution >= 0.6 is 0 Å². The van der Waals surface area contributed by atoms with Crippen molar-refractivity contribution in [1.29, 1.82) is 0 Å². The van der Waals surface area contributed by atoms with Gasteiger partial charge in [-0.3, -0.25) is 4.90 Å². The molecule has 0 unspecified atom stereocenters. The number of ether oxygens (including phenoxy) is 3. The molecule has 148 valence electrons. The monoisotopic (exact) mass is 380 g/mol. The Labute approximate surface area is 166 Å². The summed E-state index contributed by atoms with van der Waals surface area (Å²) in [5, 5.41) is 0. The molecule has 2 aromatic rings. The Balaban J connectivity index is 1.32. The van der Waals surface area contributed by atoms with Gasteiger partial charge in [-0.2, -0.15) is 0 Å². The fourth-order valence-electron chi connectivity index (χ4n) is 4.58. The van der Waals surface area contributed by atoms with Crippen molar-refractivity contribution in [3.8, 4) is 22.8 Å².